The van der Waals surface area contributed by atoms with E-state index in [9.17, 15) is 13.6 Å². The highest BCUT2D eigenvalue weighted by Gasteiger charge is 2.18. The van der Waals surface area contributed by atoms with Crippen LogP contribution in [0, 0.1) is 11.6 Å². The Hall–Kier alpha value is -2.06. The van der Waals surface area contributed by atoms with Crippen LogP contribution in [0.15, 0.2) is 24.3 Å². The second kappa shape index (κ2) is 7.23. The zero-order valence-corrected chi connectivity index (χ0v) is 14.8. The number of hydrogen-bond acceptors (Lipinski definition) is 3. The number of ether oxygens (including phenoxy) is 1. The predicted octanol–water partition coefficient (Wildman–Crippen LogP) is 3.84. The molecule has 0 aliphatic rings. The fourth-order valence-electron chi connectivity index (χ4n) is 2.06. The van der Waals surface area contributed by atoms with Crippen molar-refractivity contribution in [2.24, 2.45) is 0 Å². The summed E-state index contributed by atoms with van der Waals surface area (Å²) in [6.07, 6.45) is 0. The highest BCUT2D eigenvalue weighted by molar-refractivity contribution is 6.76. The molecule has 1 heterocycles. The minimum absolute atomic E-state index is 0.00388. The molecule has 5 nitrogen and oxygen atoms in total. The zero-order valence-electron chi connectivity index (χ0n) is 13.8. The lowest BCUT2D eigenvalue weighted by molar-refractivity contribution is 0.0673. The molecule has 24 heavy (non-hydrogen) atoms. The standard InChI is InChI=1S/C16H20F2N2O3Si/c1-24(2,3)7-6-23-10-20-15(9-14(19-20)16(21)22)12-5-4-11(17)8-13(12)18/h4-5,8-9H,6-7,10H2,1-3H3,(H,21,22). The summed E-state index contributed by atoms with van der Waals surface area (Å²) in [5.74, 6) is -2.71. The smallest absolute Gasteiger partial charge is 0.356 e. The van der Waals surface area contributed by atoms with Gasteiger partial charge in [0, 0.05) is 26.3 Å². The molecule has 0 saturated carbocycles. The number of rotatable bonds is 7. The van der Waals surface area contributed by atoms with Crippen LogP contribution in [0.5, 0.6) is 0 Å². The van der Waals surface area contributed by atoms with E-state index in [1.54, 1.807) is 0 Å². The van der Waals surface area contributed by atoms with Crippen LogP contribution in [0.4, 0.5) is 8.78 Å². The third-order valence-electron chi connectivity index (χ3n) is 3.42. The number of aromatic nitrogens is 2. The van der Waals surface area contributed by atoms with Crippen LogP contribution in [0.1, 0.15) is 10.5 Å². The van der Waals surface area contributed by atoms with E-state index in [4.69, 9.17) is 9.84 Å². The van der Waals surface area contributed by atoms with Gasteiger partial charge >= 0.3 is 5.97 Å². The molecule has 0 radical (unpaired) electrons. The molecule has 0 unspecified atom stereocenters. The third kappa shape index (κ3) is 4.72. The normalized spacial score (nSPS) is 11.7. The topological polar surface area (TPSA) is 64.4 Å². The molecule has 0 aliphatic carbocycles. The Morgan fingerprint density at radius 2 is 2.00 bits per heavy atom. The minimum atomic E-state index is -1.25. The van der Waals surface area contributed by atoms with Crippen LogP contribution < -0.4 is 0 Å². The Kier molecular flexibility index (Phi) is 5.50. The molecule has 1 aromatic carbocycles. The van der Waals surface area contributed by atoms with Crippen molar-refractivity contribution in [2.45, 2.75) is 32.4 Å². The SMILES string of the molecule is C[Si](C)(C)CCOCn1nc(C(=O)O)cc1-c1ccc(F)cc1F. The summed E-state index contributed by atoms with van der Waals surface area (Å²) in [7, 11) is -1.25. The summed E-state index contributed by atoms with van der Waals surface area (Å²) in [5, 5.41) is 13.0. The number of nitrogens with zero attached hydrogens (tertiary/aromatic N) is 2. The minimum Gasteiger partial charge on any atom is -0.476 e. The molecule has 0 fully saturated rings. The average Bonchev–Trinajstić information content (AvgIpc) is 2.87. The summed E-state index contributed by atoms with van der Waals surface area (Å²) >= 11 is 0. The zero-order chi connectivity index (χ0) is 17.9. The molecule has 0 spiro atoms. The van der Waals surface area contributed by atoms with Gasteiger partial charge in [-0.05, 0) is 24.2 Å². The molecule has 0 aliphatic heterocycles. The van der Waals surface area contributed by atoms with Gasteiger partial charge < -0.3 is 9.84 Å². The first-order valence-corrected chi connectivity index (χ1v) is 11.2. The van der Waals surface area contributed by atoms with Crippen molar-refractivity contribution in [1.82, 2.24) is 9.78 Å². The lowest BCUT2D eigenvalue weighted by atomic mass is 10.1. The Morgan fingerprint density at radius 1 is 1.29 bits per heavy atom. The van der Waals surface area contributed by atoms with Crippen LogP contribution in [0.3, 0.4) is 0 Å². The predicted molar refractivity (Wildman–Crippen MR) is 88.6 cm³/mol. The molecule has 2 rings (SSSR count). The van der Waals surface area contributed by atoms with Gasteiger partial charge in [0.05, 0.1) is 5.69 Å². The van der Waals surface area contributed by atoms with Gasteiger partial charge in [0.2, 0.25) is 0 Å². The van der Waals surface area contributed by atoms with Crippen LogP contribution >= 0.6 is 0 Å². The van der Waals surface area contributed by atoms with E-state index in [2.05, 4.69) is 24.7 Å². The maximum atomic E-state index is 14.0. The number of aromatic carboxylic acids is 1. The maximum absolute atomic E-state index is 14.0. The van der Waals surface area contributed by atoms with E-state index in [0.717, 1.165) is 18.2 Å². The number of hydrogen-bond donors (Lipinski definition) is 1. The van der Waals surface area contributed by atoms with Crippen LogP contribution in [0.2, 0.25) is 25.7 Å². The number of halogens is 2. The monoisotopic (exact) mass is 354 g/mol. The van der Waals surface area contributed by atoms with Crippen molar-refractivity contribution < 1.29 is 23.4 Å². The van der Waals surface area contributed by atoms with Gasteiger partial charge in [0.15, 0.2) is 5.69 Å². The number of carboxylic acids is 1. The van der Waals surface area contributed by atoms with Crippen LogP contribution in [0.25, 0.3) is 11.3 Å². The Morgan fingerprint density at radius 3 is 2.58 bits per heavy atom. The lowest BCUT2D eigenvalue weighted by Gasteiger charge is -2.16. The summed E-state index contributed by atoms with van der Waals surface area (Å²) in [4.78, 5) is 11.1. The molecular formula is C16H20F2N2O3Si. The first kappa shape index (κ1) is 18.3. The van der Waals surface area contributed by atoms with Crippen LogP contribution in [-0.4, -0.2) is 35.5 Å². The molecule has 0 atom stereocenters. The largest absolute Gasteiger partial charge is 0.476 e. The molecule has 1 aromatic heterocycles. The number of benzene rings is 1. The molecular weight excluding hydrogens is 334 g/mol. The first-order valence-electron chi connectivity index (χ1n) is 7.52. The lowest BCUT2D eigenvalue weighted by Crippen LogP contribution is -2.22. The molecule has 0 saturated heterocycles. The highest BCUT2D eigenvalue weighted by Crippen LogP contribution is 2.25. The van der Waals surface area contributed by atoms with Gasteiger partial charge in [0.1, 0.15) is 18.4 Å². The van der Waals surface area contributed by atoms with Crippen molar-refractivity contribution >= 4 is 14.0 Å². The van der Waals surface area contributed by atoms with Gasteiger partial charge in [-0.1, -0.05) is 19.6 Å². The Bertz CT molecular complexity index is 741. The van der Waals surface area contributed by atoms with E-state index in [1.165, 1.54) is 16.8 Å². The van der Waals surface area contributed by atoms with Gasteiger partial charge in [-0.25, -0.2) is 18.3 Å². The molecule has 0 bridgehead atoms. The summed E-state index contributed by atoms with van der Waals surface area (Å²) in [5.41, 5.74) is 0.0885. The molecule has 2 aromatic rings. The Labute approximate surface area is 139 Å². The maximum Gasteiger partial charge on any atom is 0.356 e. The summed E-state index contributed by atoms with van der Waals surface area (Å²) in [6.45, 7) is 7.16. The van der Waals surface area contributed by atoms with Crippen molar-refractivity contribution in [1.29, 1.82) is 0 Å². The van der Waals surface area contributed by atoms with E-state index in [1.807, 2.05) is 0 Å². The highest BCUT2D eigenvalue weighted by atomic mass is 28.3. The van der Waals surface area contributed by atoms with Gasteiger partial charge in [-0.2, -0.15) is 5.10 Å². The van der Waals surface area contributed by atoms with Crippen molar-refractivity contribution in [2.75, 3.05) is 6.61 Å². The van der Waals surface area contributed by atoms with Gasteiger partial charge in [0.25, 0.3) is 0 Å². The fourth-order valence-corrected chi connectivity index (χ4v) is 2.82. The first-order chi connectivity index (χ1) is 11.2. The Balaban J connectivity index is 2.25. The molecule has 8 heteroatoms. The third-order valence-corrected chi connectivity index (χ3v) is 5.12. The van der Waals surface area contributed by atoms with E-state index in [0.29, 0.717) is 6.61 Å². The van der Waals surface area contributed by atoms with Crippen molar-refractivity contribution in [3.8, 4) is 11.3 Å². The number of carbonyl (C=O) groups is 1. The van der Waals surface area contributed by atoms with E-state index < -0.39 is 25.7 Å². The van der Waals surface area contributed by atoms with Crippen LogP contribution in [-0.2, 0) is 11.5 Å². The summed E-state index contributed by atoms with van der Waals surface area (Å²) < 4.78 is 33.9. The second-order valence-electron chi connectivity index (χ2n) is 6.69. The van der Waals surface area contributed by atoms with E-state index >= 15 is 0 Å². The van der Waals surface area contributed by atoms with Crippen molar-refractivity contribution in [3.05, 3.63) is 41.6 Å². The van der Waals surface area contributed by atoms with Crippen molar-refractivity contribution in [3.63, 3.8) is 0 Å². The molecule has 130 valence electrons. The summed E-state index contributed by atoms with van der Waals surface area (Å²) in [6, 6.07) is 5.31. The van der Waals surface area contributed by atoms with Gasteiger partial charge in [-0.15, -0.1) is 0 Å². The quantitative estimate of drug-likeness (QED) is 0.606. The average molecular weight is 354 g/mol. The van der Waals surface area contributed by atoms with E-state index in [-0.39, 0.29) is 23.7 Å². The molecule has 1 N–H and O–H groups in total. The fraction of sp³-hybridized carbons (Fsp3) is 0.375. The number of carboxylic acid groups (broad SMARTS) is 1. The van der Waals surface area contributed by atoms with Gasteiger partial charge in [-0.3, -0.25) is 0 Å². The second-order valence-corrected chi connectivity index (χ2v) is 12.3. The molecule has 0 amide bonds.